The molecule has 5 heteroatoms. The number of likely N-dealkylation sites (tertiary alicyclic amines) is 2. The van der Waals surface area contributed by atoms with Gasteiger partial charge < -0.3 is 15.7 Å². The van der Waals surface area contributed by atoms with E-state index in [0.29, 0.717) is 5.92 Å². The van der Waals surface area contributed by atoms with Crippen molar-refractivity contribution < 1.29 is 9.90 Å². The Morgan fingerprint density at radius 1 is 1.22 bits per heavy atom. The molecule has 1 amide bonds. The third kappa shape index (κ3) is 3.43. The van der Waals surface area contributed by atoms with Crippen LogP contribution in [0.5, 0.6) is 0 Å². The quantitative estimate of drug-likeness (QED) is 0.704. The van der Waals surface area contributed by atoms with Gasteiger partial charge in [0.1, 0.15) is 0 Å². The van der Waals surface area contributed by atoms with Crippen LogP contribution in [0, 0.1) is 5.92 Å². The molecule has 0 unspecified atom stereocenters. The maximum Gasteiger partial charge on any atom is 0.234 e. The van der Waals surface area contributed by atoms with Gasteiger partial charge in [0, 0.05) is 13.1 Å². The van der Waals surface area contributed by atoms with Crippen LogP contribution in [0.3, 0.4) is 0 Å². The Hall–Kier alpha value is -0.650. The van der Waals surface area contributed by atoms with Crippen molar-refractivity contribution in [3.63, 3.8) is 0 Å². The van der Waals surface area contributed by atoms with Gasteiger partial charge in [-0.25, -0.2) is 0 Å². The van der Waals surface area contributed by atoms with Gasteiger partial charge in [0.05, 0.1) is 12.6 Å². The van der Waals surface area contributed by atoms with E-state index in [-0.39, 0.29) is 18.6 Å². The number of rotatable bonds is 5. The third-order valence-electron chi connectivity index (χ3n) is 4.31. The standard InChI is InChI=1S/C13H25N3O2/c14-13(18)12-2-1-5-16(12)10-11-3-6-15(7-4-11)8-9-17/h11-12,17H,1-10H2,(H2,14,18)/t12-/m0/s1. The second-order valence-electron chi connectivity index (χ2n) is 5.56. The van der Waals surface area contributed by atoms with E-state index in [9.17, 15) is 4.79 Å². The van der Waals surface area contributed by atoms with E-state index in [1.165, 1.54) is 12.8 Å². The molecule has 2 fully saturated rings. The topological polar surface area (TPSA) is 69.8 Å². The summed E-state index contributed by atoms with van der Waals surface area (Å²) in [6, 6.07) is -0.0273. The van der Waals surface area contributed by atoms with Crippen molar-refractivity contribution in [1.29, 1.82) is 0 Å². The average Bonchev–Trinajstić information content (AvgIpc) is 2.80. The fourth-order valence-corrected chi connectivity index (χ4v) is 3.23. The van der Waals surface area contributed by atoms with Crippen molar-refractivity contribution in [3.05, 3.63) is 0 Å². The number of hydrogen-bond acceptors (Lipinski definition) is 4. The molecule has 2 saturated heterocycles. The number of aliphatic hydroxyl groups is 1. The minimum absolute atomic E-state index is 0.0273. The summed E-state index contributed by atoms with van der Waals surface area (Å²) in [5.74, 6) is 0.519. The van der Waals surface area contributed by atoms with Crippen LogP contribution in [0.15, 0.2) is 0 Å². The molecule has 0 aromatic carbocycles. The van der Waals surface area contributed by atoms with Crippen molar-refractivity contribution >= 4 is 5.91 Å². The SMILES string of the molecule is NC(=O)[C@@H]1CCCN1CC1CCN(CCO)CC1. The Morgan fingerprint density at radius 2 is 1.94 bits per heavy atom. The molecule has 2 aliphatic rings. The van der Waals surface area contributed by atoms with Crippen molar-refractivity contribution in [1.82, 2.24) is 9.80 Å². The zero-order chi connectivity index (χ0) is 13.0. The predicted molar refractivity (Wildman–Crippen MR) is 70.0 cm³/mol. The summed E-state index contributed by atoms with van der Waals surface area (Å²) in [7, 11) is 0. The Labute approximate surface area is 109 Å². The maximum absolute atomic E-state index is 11.3. The van der Waals surface area contributed by atoms with Gasteiger partial charge in [-0.1, -0.05) is 0 Å². The summed E-state index contributed by atoms with van der Waals surface area (Å²) in [5.41, 5.74) is 5.44. The fraction of sp³-hybridized carbons (Fsp3) is 0.923. The molecule has 5 nitrogen and oxygen atoms in total. The number of amides is 1. The number of piperidine rings is 1. The first kappa shape index (κ1) is 13.8. The van der Waals surface area contributed by atoms with E-state index in [1.807, 2.05) is 0 Å². The van der Waals surface area contributed by atoms with Gasteiger partial charge >= 0.3 is 0 Å². The monoisotopic (exact) mass is 255 g/mol. The Kier molecular flexibility index (Phi) is 4.97. The number of aliphatic hydroxyl groups excluding tert-OH is 1. The molecule has 0 spiro atoms. The molecule has 0 radical (unpaired) electrons. The van der Waals surface area contributed by atoms with E-state index in [0.717, 1.165) is 45.6 Å². The van der Waals surface area contributed by atoms with E-state index in [2.05, 4.69) is 9.80 Å². The van der Waals surface area contributed by atoms with E-state index < -0.39 is 0 Å². The first-order valence-electron chi connectivity index (χ1n) is 7.07. The van der Waals surface area contributed by atoms with Crippen LogP contribution in [-0.4, -0.2) is 66.2 Å². The molecule has 2 heterocycles. The van der Waals surface area contributed by atoms with Gasteiger partial charge in [-0.05, 0) is 51.2 Å². The zero-order valence-corrected chi connectivity index (χ0v) is 11.1. The molecule has 2 rings (SSSR count). The van der Waals surface area contributed by atoms with Gasteiger partial charge in [0.15, 0.2) is 0 Å². The average molecular weight is 255 g/mol. The van der Waals surface area contributed by atoms with Crippen molar-refractivity contribution in [2.24, 2.45) is 11.7 Å². The number of carbonyl (C=O) groups is 1. The van der Waals surface area contributed by atoms with Gasteiger partial charge in [-0.2, -0.15) is 0 Å². The Morgan fingerprint density at radius 3 is 2.56 bits per heavy atom. The number of primary amides is 1. The van der Waals surface area contributed by atoms with E-state index in [1.54, 1.807) is 0 Å². The Balaban J connectivity index is 1.75. The van der Waals surface area contributed by atoms with Crippen LogP contribution in [0.1, 0.15) is 25.7 Å². The molecular weight excluding hydrogens is 230 g/mol. The van der Waals surface area contributed by atoms with Crippen molar-refractivity contribution in [3.8, 4) is 0 Å². The summed E-state index contributed by atoms with van der Waals surface area (Å²) >= 11 is 0. The van der Waals surface area contributed by atoms with Crippen molar-refractivity contribution in [2.75, 3.05) is 39.3 Å². The van der Waals surface area contributed by atoms with Crippen LogP contribution in [-0.2, 0) is 4.79 Å². The lowest BCUT2D eigenvalue weighted by Gasteiger charge is -2.34. The molecule has 2 aliphatic heterocycles. The number of nitrogens with two attached hydrogens (primary N) is 1. The largest absolute Gasteiger partial charge is 0.395 e. The molecule has 0 aromatic rings. The highest BCUT2D eigenvalue weighted by atomic mass is 16.3. The molecule has 0 saturated carbocycles. The smallest absolute Gasteiger partial charge is 0.234 e. The lowest BCUT2D eigenvalue weighted by Crippen LogP contribution is -2.45. The molecule has 0 aliphatic carbocycles. The summed E-state index contributed by atoms with van der Waals surface area (Å²) < 4.78 is 0. The minimum atomic E-state index is -0.162. The summed E-state index contributed by atoms with van der Waals surface area (Å²) in [5, 5.41) is 8.91. The molecule has 18 heavy (non-hydrogen) atoms. The number of β-amino-alcohol motifs (C(OH)–C–C–N with tert-alkyl or cyclic N) is 1. The second kappa shape index (κ2) is 6.50. The van der Waals surface area contributed by atoms with Gasteiger partial charge in [-0.15, -0.1) is 0 Å². The lowest BCUT2D eigenvalue weighted by molar-refractivity contribution is -0.122. The Bertz CT molecular complexity index is 277. The molecule has 0 aromatic heterocycles. The van der Waals surface area contributed by atoms with Crippen LogP contribution >= 0.6 is 0 Å². The van der Waals surface area contributed by atoms with Gasteiger partial charge in [0.2, 0.25) is 5.91 Å². The molecule has 3 N–H and O–H groups in total. The van der Waals surface area contributed by atoms with Crippen LogP contribution < -0.4 is 5.73 Å². The number of carbonyl (C=O) groups excluding carboxylic acids is 1. The normalized spacial score (nSPS) is 27.7. The predicted octanol–water partition coefficient (Wildman–Crippen LogP) is -0.360. The highest BCUT2D eigenvalue weighted by molar-refractivity contribution is 5.80. The summed E-state index contributed by atoms with van der Waals surface area (Å²) in [4.78, 5) is 15.9. The van der Waals surface area contributed by atoms with Crippen LogP contribution in [0.25, 0.3) is 0 Å². The van der Waals surface area contributed by atoms with E-state index in [4.69, 9.17) is 10.8 Å². The molecule has 1 atom stereocenters. The second-order valence-corrected chi connectivity index (χ2v) is 5.56. The number of nitrogens with zero attached hydrogens (tertiary/aromatic N) is 2. The highest BCUT2D eigenvalue weighted by Crippen LogP contribution is 2.23. The fourth-order valence-electron chi connectivity index (χ4n) is 3.23. The lowest BCUT2D eigenvalue weighted by atomic mass is 9.96. The van der Waals surface area contributed by atoms with Crippen molar-refractivity contribution in [2.45, 2.75) is 31.7 Å². The summed E-state index contributed by atoms with van der Waals surface area (Å²) in [6.07, 6.45) is 4.36. The summed E-state index contributed by atoms with van der Waals surface area (Å²) in [6.45, 7) is 5.21. The minimum Gasteiger partial charge on any atom is -0.395 e. The van der Waals surface area contributed by atoms with Crippen LogP contribution in [0.4, 0.5) is 0 Å². The van der Waals surface area contributed by atoms with E-state index >= 15 is 0 Å². The first-order chi connectivity index (χ1) is 8.70. The van der Waals surface area contributed by atoms with Gasteiger partial charge in [0.25, 0.3) is 0 Å². The molecular formula is C13H25N3O2. The zero-order valence-electron chi connectivity index (χ0n) is 11.1. The van der Waals surface area contributed by atoms with Gasteiger partial charge in [-0.3, -0.25) is 9.69 Å². The number of hydrogen-bond donors (Lipinski definition) is 2. The maximum atomic E-state index is 11.3. The highest BCUT2D eigenvalue weighted by Gasteiger charge is 2.31. The first-order valence-corrected chi connectivity index (χ1v) is 7.07. The molecule has 104 valence electrons. The van der Waals surface area contributed by atoms with Crippen LogP contribution in [0.2, 0.25) is 0 Å². The third-order valence-corrected chi connectivity index (χ3v) is 4.31. The molecule has 0 bridgehead atoms.